The van der Waals surface area contributed by atoms with Crippen LogP contribution in [0.15, 0.2) is 24.4 Å². The third-order valence-corrected chi connectivity index (χ3v) is 1.93. The molecular formula is C11H11ClN2O3. The summed E-state index contributed by atoms with van der Waals surface area (Å²) in [5.41, 5.74) is 0.979. The summed E-state index contributed by atoms with van der Waals surface area (Å²) < 4.78 is 3.97. The van der Waals surface area contributed by atoms with Gasteiger partial charge in [-0.05, 0) is 18.2 Å². The van der Waals surface area contributed by atoms with Crippen molar-refractivity contribution in [3.63, 3.8) is 0 Å². The molecule has 0 radical (unpaired) electrons. The topological polar surface area (TPSA) is 72.1 Å². The summed E-state index contributed by atoms with van der Waals surface area (Å²) in [4.78, 5) is 19.6. The van der Waals surface area contributed by atoms with Crippen molar-refractivity contribution in [3.8, 4) is 0 Å². The molecule has 0 aliphatic heterocycles. The minimum absolute atomic E-state index is 0.562. The number of aromatic nitrogens is 2. The molecule has 2 rings (SSSR count). The largest absolute Gasteiger partial charge is 0.394 e. The van der Waals surface area contributed by atoms with E-state index in [0.717, 1.165) is 15.9 Å². The fourth-order valence-corrected chi connectivity index (χ4v) is 1.28. The molecule has 0 saturated heterocycles. The minimum atomic E-state index is -0.562. The van der Waals surface area contributed by atoms with E-state index in [4.69, 9.17) is 11.6 Å². The maximum absolute atomic E-state index is 9.81. The lowest BCUT2D eigenvalue weighted by molar-refractivity contribution is -0.156. The first kappa shape index (κ1) is 13.2. The third-order valence-electron chi connectivity index (χ3n) is 1.69. The molecule has 0 spiro atoms. The average Bonchev–Trinajstić information content (AvgIpc) is 2.63. The Labute approximate surface area is 103 Å². The maximum Gasteiger partial charge on any atom is 0.310 e. The van der Waals surface area contributed by atoms with E-state index in [2.05, 4.69) is 14.9 Å². The monoisotopic (exact) mass is 254 g/mol. The van der Waals surface area contributed by atoms with Gasteiger partial charge in [-0.15, -0.1) is 0 Å². The number of carbonyl (C=O) groups is 2. The van der Waals surface area contributed by atoms with Crippen LogP contribution < -0.4 is 0 Å². The van der Waals surface area contributed by atoms with Gasteiger partial charge in [0.15, 0.2) is 0 Å². The normalized spacial score (nSPS) is 9.35. The molecule has 1 heterocycles. The number of esters is 2. The molecule has 0 atom stereocenters. The van der Waals surface area contributed by atoms with Crippen molar-refractivity contribution >= 4 is 34.4 Å². The lowest BCUT2D eigenvalue weighted by Gasteiger charge is -1.87. The van der Waals surface area contributed by atoms with Crippen molar-refractivity contribution in [2.75, 3.05) is 0 Å². The van der Waals surface area contributed by atoms with Crippen LogP contribution in [0.1, 0.15) is 13.8 Å². The van der Waals surface area contributed by atoms with E-state index >= 15 is 0 Å². The highest BCUT2D eigenvalue weighted by Crippen LogP contribution is 2.15. The van der Waals surface area contributed by atoms with E-state index in [9.17, 15) is 9.59 Å². The van der Waals surface area contributed by atoms with Gasteiger partial charge in [-0.3, -0.25) is 14.7 Å². The molecule has 0 unspecified atom stereocenters. The number of halogens is 1. The lowest BCUT2D eigenvalue weighted by atomic mass is 10.3. The summed E-state index contributed by atoms with van der Waals surface area (Å²) in [5.74, 6) is -1.12. The molecule has 2 aromatic rings. The van der Waals surface area contributed by atoms with Crippen LogP contribution in [0.25, 0.3) is 10.9 Å². The zero-order chi connectivity index (χ0) is 12.8. The van der Waals surface area contributed by atoms with Crippen LogP contribution in [-0.4, -0.2) is 22.1 Å². The summed E-state index contributed by atoms with van der Waals surface area (Å²) in [6.07, 6.45) is 1.77. The first-order chi connectivity index (χ1) is 7.99. The van der Waals surface area contributed by atoms with Crippen molar-refractivity contribution < 1.29 is 14.3 Å². The van der Waals surface area contributed by atoms with Crippen LogP contribution in [-0.2, 0) is 14.3 Å². The number of aromatic amines is 1. The molecule has 0 bridgehead atoms. The zero-order valence-electron chi connectivity index (χ0n) is 9.36. The van der Waals surface area contributed by atoms with Gasteiger partial charge in [0.1, 0.15) is 0 Å². The molecule has 0 aliphatic rings. The highest BCUT2D eigenvalue weighted by atomic mass is 35.5. The number of ether oxygens (including phenoxy) is 1. The van der Waals surface area contributed by atoms with Gasteiger partial charge in [0.05, 0.1) is 11.7 Å². The molecule has 5 nitrogen and oxygen atoms in total. The number of hydrogen-bond acceptors (Lipinski definition) is 4. The Morgan fingerprint density at radius 3 is 2.47 bits per heavy atom. The third kappa shape index (κ3) is 4.65. The fraction of sp³-hybridized carbons (Fsp3) is 0.182. The van der Waals surface area contributed by atoms with Gasteiger partial charge in [-0.1, -0.05) is 11.6 Å². The highest BCUT2D eigenvalue weighted by Gasteiger charge is 1.94. The summed E-state index contributed by atoms with van der Waals surface area (Å²) in [5, 5.41) is 8.51. The molecule has 1 aromatic carbocycles. The molecule has 0 saturated carbocycles. The van der Waals surface area contributed by atoms with Crippen LogP contribution in [0.2, 0.25) is 5.02 Å². The zero-order valence-corrected chi connectivity index (χ0v) is 10.1. The fourth-order valence-electron chi connectivity index (χ4n) is 1.11. The van der Waals surface area contributed by atoms with Crippen LogP contribution in [0, 0.1) is 0 Å². The van der Waals surface area contributed by atoms with E-state index in [1.165, 1.54) is 13.8 Å². The maximum atomic E-state index is 9.81. The predicted molar refractivity (Wildman–Crippen MR) is 63.6 cm³/mol. The molecule has 6 heteroatoms. The lowest BCUT2D eigenvalue weighted by Crippen LogP contribution is -2.03. The number of nitrogens with one attached hydrogen (secondary N) is 1. The molecule has 0 aliphatic carbocycles. The Balaban J connectivity index is 0.000000185. The Kier molecular flexibility index (Phi) is 4.66. The van der Waals surface area contributed by atoms with E-state index in [0.29, 0.717) is 0 Å². The summed E-state index contributed by atoms with van der Waals surface area (Å²) in [6.45, 7) is 2.36. The second-order valence-corrected chi connectivity index (χ2v) is 3.62. The number of fused-ring (bicyclic) bond motifs is 1. The van der Waals surface area contributed by atoms with Crippen molar-refractivity contribution in [1.82, 2.24) is 10.2 Å². The standard InChI is InChI=1S/C7H5ClN2.C4H6O3/c8-6-2-1-5-4-9-10-7(5)3-6;1-3(5)7-4(2)6/h1-4H,(H,9,10);1-2H3. The average molecular weight is 255 g/mol. The van der Waals surface area contributed by atoms with Gasteiger partial charge in [0.2, 0.25) is 0 Å². The molecule has 17 heavy (non-hydrogen) atoms. The van der Waals surface area contributed by atoms with Crippen molar-refractivity contribution in [2.24, 2.45) is 0 Å². The van der Waals surface area contributed by atoms with E-state index < -0.39 is 11.9 Å². The Bertz CT molecular complexity index is 524. The van der Waals surface area contributed by atoms with Gasteiger partial charge >= 0.3 is 11.9 Å². The van der Waals surface area contributed by atoms with Gasteiger partial charge in [-0.25, -0.2) is 0 Å². The second-order valence-electron chi connectivity index (χ2n) is 3.19. The quantitative estimate of drug-likeness (QED) is 0.578. The van der Waals surface area contributed by atoms with E-state index in [1.54, 1.807) is 6.20 Å². The summed E-state index contributed by atoms with van der Waals surface area (Å²) >= 11 is 5.73. The van der Waals surface area contributed by atoms with Gasteiger partial charge < -0.3 is 4.74 Å². The molecule has 0 amide bonds. The first-order valence-electron chi connectivity index (χ1n) is 4.76. The van der Waals surface area contributed by atoms with Crippen LogP contribution in [0.3, 0.4) is 0 Å². The number of H-pyrrole nitrogens is 1. The van der Waals surface area contributed by atoms with Gasteiger partial charge in [0, 0.05) is 24.3 Å². The summed E-state index contributed by atoms with van der Waals surface area (Å²) in [7, 11) is 0. The number of rotatable bonds is 0. The molecule has 90 valence electrons. The Morgan fingerprint density at radius 2 is 1.94 bits per heavy atom. The first-order valence-corrected chi connectivity index (χ1v) is 5.14. The number of benzene rings is 1. The molecular weight excluding hydrogens is 244 g/mol. The summed E-state index contributed by atoms with van der Waals surface area (Å²) in [6, 6.07) is 5.63. The Hall–Kier alpha value is -1.88. The number of nitrogens with zero attached hydrogens (tertiary/aromatic N) is 1. The highest BCUT2D eigenvalue weighted by molar-refractivity contribution is 6.31. The minimum Gasteiger partial charge on any atom is -0.394 e. The van der Waals surface area contributed by atoms with E-state index in [1.807, 2.05) is 18.2 Å². The van der Waals surface area contributed by atoms with Crippen LogP contribution >= 0.6 is 11.6 Å². The van der Waals surface area contributed by atoms with Crippen LogP contribution in [0.5, 0.6) is 0 Å². The SMILES string of the molecule is CC(=O)OC(C)=O.Clc1ccc2cn[nH]c2c1. The smallest absolute Gasteiger partial charge is 0.310 e. The van der Waals surface area contributed by atoms with E-state index in [-0.39, 0.29) is 0 Å². The number of carbonyl (C=O) groups excluding carboxylic acids is 2. The second kappa shape index (κ2) is 6.00. The number of hydrogen-bond donors (Lipinski definition) is 1. The molecule has 0 fully saturated rings. The molecule has 1 aromatic heterocycles. The molecule has 1 N–H and O–H groups in total. The van der Waals surface area contributed by atoms with Crippen molar-refractivity contribution in [2.45, 2.75) is 13.8 Å². The Morgan fingerprint density at radius 1 is 1.29 bits per heavy atom. The van der Waals surface area contributed by atoms with Crippen LogP contribution in [0.4, 0.5) is 0 Å². The predicted octanol–water partition coefficient (Wildman–Crippen LogP) is 2.31. The van der Waals surface area contributed by atoms with Crippen molar-refractivity contribution in [3.05, 3.63) is 29.4 Å². The van der Waals surface area contributed by atoms with Crippen molar-refractivity contribution in [1.29, 1.82) is 0 Å². The van der Waals surface area contributed by atoms with Gasteiger partial charge in [0.25, 0.3) is 0 Å². The van der Waals surface area contributed by atoms with Gasteiger partial charge in [-0.2, -0.15) is 5.10 Å².